The Kier molecular flexibility index (Phi) is 4.79. The lowest BCUT2D eigenvalue weighted by Crippen LogP contribution is -2.17. The zero-order chi connectivity index (χ0) is 19.9. The van der Waals surface area contributed by atoms with Crippen LogP contribution in [-0.2, 0) is 4.74 Å². The second kappa shape index (κ2) is 6.92. The van der Waals surface area contributed by atoms with Crippen molar-refractivity contribution in [3.05, 3.63) is 66.1 Å². The average molecular weight is 387 g/mol. The van der Waals surface area contributed by atoms with Gasteiger partial charge in [0.15, 0.2) is 11.9 Å². The van der Waals surface area contributed by atoms with E-state index in [1.54, 1.807) is 6.92 Å². The fourth-order valence-corrected chi connectivity index (χ4v) is 3.82. The van der Waals surface area contributed by atoms with Crippen LogP contribution in [0.1, 0.15) is 45.2 Å². The van der Waals surface area contributed by atoms with Crippen molar-refractivity contribution in [2.24, 2.45) is 0 Å². The standard InChI is InChI=1S/C18H17N3O5S/c1-8-11(4)27-17-14(8)16(22)19-15(20-17)10(3)26-18(23)12-6-5-7-13(9(12)2)21(24)25/h5-7,10H,1-4H3,(H,19,20,22)/t10-/m0/s1. The lowest BCUT2D eigenvalue weighted by atomic mass is 10.1. The molecule has 1 atom stereocenters. The Hall–Kier alpha value is -3.07. The number of aromatic nitrogens is 2. The molecule has 9 heteroatoms. The molecule has 3 rings (SSSR count). The smallest absolute Gasteiger partial charge is 0.339 e. The molecule has 0 bridgehead atoms. The van der Waals surface area contributed by atoms with Crippen molar-refractivity contribution in [2.45, 2.75) is 33.8 Å². The van der Waals surface area contributed by atoms with Crippen LogP contribution in [0.5, 0.6) is 0 Å². The average Bonchev–Trinajstić information content (AvgIpc) is 2.89. The summed E-state index contributed by atoms with van der Waals surface area (Å²) in [5.74, 6) is -0.491. The van der Waals surface area contributed by atoms with Crippen molar-refractivity contribution in [1.29, 1.82) is 0 Å². The molecule has 0 aliphatic rings. The largest absolute Gasteiger partial charge is 0.451 e. The summed E-state index contributed by atoms with van der Waals surface area (Å²) in [5.41, 5.74) is 0.761. The Bertz CT molecular complexity index is 1130. The summed E-state index contributed by atoms with van der Waals surface area (Å²) in [6, 6.07) is 4.21. The van der Waals surface area contributed by atoms with Gasteiger partial charge in [-0.15, -0.1) is 11.3 Å². The first-order valence-electron chi connectivity index (χ1n) is 8.15. The van der Waals surface area contributed by atoms with E-state index in [-0.39, 0.29) is 28.2 Å². The van der Waals surface area contributed by atoms with Crippen LogP contribution in [-0.4, -0.2) is 20.9 Å². The summed E-state index contributed by atoms with van der Waals surface area (Å²) in [4.78, 5) is 44.0. The van der Waals surface area contributed by atoms with E-state index in [1.807, 2.05) is 13.8 Å². The topological polar surface area (TPSA) is 115 Å². The third-order valence-corrected chi connectivity index (χ3v) is 5.55. The molecule has 1 N–H and O–H groups in total. The second-order valence-corrected chi connectivity index (χ2v) is 7.37. The van der Waals surface area contributed by atoms with E-state index in [2.05, 4.69) is 9.97 Å². The van der Waals surface area contributed by atoms with E-state index < -0.39 is 17.0 Å². The number of benzene rings is 1. The van der Waals surface area contributed by atoms with Crippen molar-refractivity contribution in [1.82, 2.24) is 9.97 Å². The summed E-state index contributed by atoms with van der Waals surface area (Å²) >= 11 is 1.40. The number of nitro benzene ring substituents is 1. The molecule has 8 nitrogen and oxygen atoms in total. The SMILES string of the molecule is Cc1sc2nc([C@H](C)OC(=O)c3cccc([N+](=O)[O-])c3C)[nH]c(=O)c2c1C. The first-order valence-corrected chi connectivity index (χ1v) is 8.97. The highest BCUT2D eigenvalue weighted by Gasteiger charge is 2.23. The maximum Gasteiger partial charge on any atom is 0.339 e. The number of nitrogens with one attached hydrogen (secondary N) is 1. The Morgan fingerprint density at radius 3 is 2.67 bits per heavy atom. The second-order valence-electron chi connectivity index (χ2n) is 6.17. The molecule has 1 aromatic carbocycles. The first kappa shape index (κ1) is 18.7. The molecular weight excluding hydrogens is 370 g/mol. The molecule has 140 valence electrons. The molecule has 0 amide bonds. The number of hydrogen-bond donors (Lipinski definition) is 1. The van der Waals surface area contributed by atoms with Crippen LogP contribution in [0.3, 0.4) is 0 Å². The van der Waals surface area contributed by atoms with Gasteiger partial charge >= 0.3 is 5.97 Å². The van der Waals surface area contributed by atoms with Gasteiger partial charge in [0, 0.05) is 16.5 Å². The van der Waals surface area contributed by atoms with Gasteiger partial charge in [0.05, 0.1) is 15.9 Å². The highest BCUT2D eigenvalue weighted by molar-refractivity contribution is 7.18. The summed E-state index contributed by atoms with van der Waals surface area (Å²) in [6.45, 7) is 6.85. The number of hydrogen-bond acceptors (Lipinski definition) is 7. The molecule has 2 heterocycles. The summed E-state index contributed by atoms with van der Waals surface area (Å²) in [6.07, 6.45) is -0.823. The van der Waals surface area contributed by atoms with E-state index >= 15 is 0 Å². The Morgan fingerprint density at radius 1 is 1.30 bits per heavy atom. The van der Waals surface area contributed by atoms with Crippen molar-refractivity contribution >= 4 is 33.2 Å². The Labute approximate surface area is 158 Å². The fraction of sp³-hybridized carbons (Fsp3) is 0.278. The monoisotopic (exact) mass is 387 g/mol. The quantitative estimate of drug-likeness (QED) is 0.414. The molecule has 0 aliphatic carbocycles. The number of carbonyl (C=O) groups excluding carboxylic acids is 1. The van der Waals surface area contributed by atoms with Gasteiger partial charge < -0.3 is 9.72 Å². The number of esters is 1. The van der Waals surface area contributed by atoms with Gasteiger partial charge in [0.2, 0.25) is 0 Å². The van der Waals surface area contributed by atoms with Crippen LogP contribution in [0.4, 0.5) is 5.69 Å². The van der Waals surface area contributed by atoms with Gasteiger partial charge in [-0.3, -0.25) is 14.9 Å². The van der Waals surface area contributed by atoms with E-state index in [1.165, 1.54) is 36.5 Å². The van der Waals surface area contributed by atoms with Crippen LogP contribution in [0.25, 0.3) is 10.2 Å². The number of aryl methyl sites for hydroxylation is 2. The van der Waals surface area contributed by atoms with Crippen LogP contribution in [0, 0.1) is 30.9 Å². The molecule has 0 saturated heterocycles. The number of nitrogens with zero attached hydrogens (tertiary/aromatic N) is 2. The lowest BCUT2D eigenvalue weighted by Gasteiger charge is -2.13. The van der Waals surface area contributed by atoms with Gasteiger partial charge in [-0.1, -0.05) is 6.07 Å². The molecule has 0 aliphatic heterocycles. The van der Waals surface area contributed by atoms with Gasteiger partial charge in [0.1, 0.15) is 4.83 Å². The van der Waals surface area contributed by atoms with Crippen LogP contribution in [0.15, 0.2) is 23.0 Å². The van der Waals surface area contributed by atoms with Crippen molar-refractivity contribution < 1.29 is 14.5 Å². The van der Waals surface area contributed by atoms with Crippen LogP contribution >= 0.6 is 11.3 Å². The van der Waals surface area contributed by atoms with Gasteiger partial charge in [-0.05, 0) is 39.3 Å². The number of ether oxygens (including phenoxy) is 1. The van der Waals surface area contributed by atoms with Crippen LogP contribution < -0.4 is 5.56 Å². The minimum atomic E-state index is -0.823. The molecule has 27 heavy (non-hydrogen) atoms. The van der Waals surface area contributed by atoms with E-state index in [4.69, 9.17) is 4.74 Å². The maximum atomic E-state index is 12.5. The van der Waals surface area contributed by atoms with E-state index in [0.717, 1.165) is 10.4 Å². The maximum absolute atomic E-state index is 12.5. The predicted octanol–water partition coefficient (Wildman–Crippen LogP) is 3.74. The van der Waals surface area contributed by atoms with Gasteiger partial charge in [0.25, 0.3) is 11.2 Å². The molecule has 2 aromatic heterocycles. The lowest BCUT2D eigenvalue weighted by molar-refractivity contribution is -0.385. The molecule has 0 fully saturated rings. The van der Waals surface area contributed by atoms with Gasteiger partial charge in [-0.2, -0.15) is 0 Å². The number of nitro groups is 1. The molecular formula is C18H17N3O5S. The summed E-state index contributed by atoms with van der Waals surface area (Å²) < 4.78 is 5.39. The van der Waals surface area contributed by atoms with Gasteiger partial charge in [-0.25, -0.2) is 9.78 Å². The molecule has 3 aromatic rings. The number of H-pyrrole nitrogens is 1. The third-order valence-electron chi connectivity index (χ3n) is 4.45. The van der Waals surface area contributed by atoms with Crippen molar-refractivity contribution in [2.75, 3.05) is 0 Å². The van der Waals surface area contributed by atoms with Crippen molar-refractivity contribution in [3.63, 3.8) is 0 Å². The van der Waals surface area contributed by atoms with Crippen molar-refractivity contribution in [3.8, 4) is 0 Å². The minimum Gasteiger partial charge on any atom is -0.451 e. The van der Waals surface area contributed by atoms with E-state index in [9.17, 15) is 19.7 Å². The number of fused-ring (bicyclic) bond motifs is 1. The molecule has 0 spiro atoms. The first-order chi connectivity index (χ1) is 12.7. The number of carbonyl (C=O) groups is 1. The molecule has 0 unspecified atom stereocenters. The van der Waals surface area contributed by atoms with E-state index in [0.29, 0.717) is 10.2 Å². The number of aromatic amines is 1. The Morgan fingerprint density at radius 2 is 2.00 bits per heavy atom. The third kappa shape index (κ3) is 3.33. The predicted molar refractivity (Wildman–Crippen MR) is 101 cm³/mol. The number of rotatable bonds is 4. The molecule has 0 saturated carbocycles. The van der Waals surface area contributed by atoms with Crippen LogP contribution in [0.2, 0.25) is 0 Å². The molecule has 0 radical (unpaired) electrons. The Balaban J connectivity index is 1.92. The highest BCUT2D eigenvalue weighted by Crippen LogP contribution is 2.28. The summed E-state index contributed by atoms with van der Waals surface area (Å²) in [7, 11) is 0. The summed E-state index contributed by atoms with van der Waals surface area (Å²) in [5, 5.41) is 11.6. The normalized spacial score (nSPS) is 12.1. The highest BCUT2D eigenvalue weighted by atomic mass is 32.1. The zero-order valence-electron chi connectivity index (χ0n) is 15.2. The zero-order valence-corrected chi connectivity index (χ0v) is 16.0. The fourth-order valence-electron chi connectivity index (χ4n) is 2.79. The number of thiophene rings is 1. The minimum absolute atomic E-state index is 0.0993.